The summed E-state index contributed by atoms with van der Waals surface area (Å²) >= 11 is 12.3. The maximum absolute atomic E-state index is 12.7. The zero-order valence-electron chi connectivity index (χ0n) is 16.8. The van der Waals surface area contributed by atoms with E-state index in [0.29, 0.717) is 40.4 Å². The predicted molar refractivity (Wildman–Crippen MR) is 118 cm³/mol. The quantitative estimate of drug-likeness (QED) is 0.486. The summed E-state index contributed by atoms with van der Waals surface area (Å²) in [7, 11) is 0. The van der Waals surface area contributed by atoms with Crippen LogP contribution in [0.5, 0.6) is 0 Å². The minimum Gasteiger partial charge on any atom is -0.459 e. The van der Waals surface area contributed by atoms with Crippen molar-refractivity contribution in [3.63, 3.8) is 0 Å². The van der Waals surface area contributed by atoms with E-state index in [-0.39, 0.29) is 29.4 Å². The number of aromatic amines is 1. The van der Waals surface area contributed by atoms with Crippen molar-refractivity contribution in [2.45, 2.75) is 25.3 Å². The number of H-pyrrole nitrogens is 1. The summed E-state index contributed by atoms with van der Waals surface area (Å²) in [6.07, 6.45) is 3.06. The van der Waals surface area contributed by atoms with Gasteiger partial charge >= 0.3 is 0 Å². The third-order valence-corrected chi connectivity index (χ3v) is 6.14. The first kappa shape index (κ1) is 20.7. The number of hydrogen-bond acceptors (Lipinski definition) is 6. The van der Waals surface area contributed by atoms with Gasteiger partial charge in [0.25, 0.3) is 11.5 Å². The normalized spacial score (nSPS) is 16.6. The Hall–Kier alpha value is -3.17. The number of hydrogen-bond donors (Lipinski definition) is 1. The number of likely N-dealkylation sites (tertiary alicyclic amines) is 1. The van der Waals surface area contributed by atoms with Gasteiger partial charge in [-0.3, -0.25) is 9.59 Å². The third kappa shape index (κ3) is 3.89. The van der Waals surface area contributed by atoms with Gasteiger partial charge in [-0.15, -0.1) is 5.10 Å². The van der Waals surface area contributed by atoms with Crippen LogP contribution in [0, 0.1) is 0 Å². The van der Waals surface area contributed by atoms with Gasteiger partial charge in [0.15, 0.2) is 16.9 Å². The second-order valence-corrected chi connectivity index (χ2v) is 8.52. The first-order chi connectivity index (χ1) is 15.5. The summed E-state index contributed by atoms with van der Waals surface area (Å²) in [5, 5.41) is 9.10. The molecule has 164 valence electrons. The van der Waals surface area contributed by atoms with E-state index in [1.165, 1.54) is 10.9 Å². The summed E-state index contributed by atoms with van der Waals surface area (Å²) in [5.41, 5.74) is 0.926. The molecular weight excluding hydrogens is 455 g/mol. The first-order valence-corrected chi connectivity index (χ1v) is 10.9. The molecule has 0 saturated carbocycles. The van der Waals surface area contributed by atoms with Crippen LogP contribution in [0.4, 0.5) is 0 Å². The molecule has 0 radical (unpaired) electrons. The number of piperidine rings is 1. The topological polar surface area (TPSA) is 110 Å². The molecule has 1 aromatic carbocycles. The molecular formula is C21H18Cl2N6O3. The average Bonchev–Trinajstić information content (AvgIpc) is 3.46. The van der Waals surface area contributed by atoms with Gasteiger partial charge in [-0.05, 0) is 42.7 Å². The highest BCUT2D eigenvalue weighted by Crippen LogP contribution is 2.26. The number of amides is 1. The molecule has 1 aliphatic heterocycles. The van der Waals surface area contributed by atoms with E-state index in [2.05, 4.69) is 20.3 Å². The van der Waals surface area contributed by atoms with E-state index in [1.807, 2.05) is 0 Å². The van der Waals surface area contributed by atoms with Gasteiger partial charge in [0.1, 0.15) is 5.82 Å². The lowest BCUT2D eigenvalue weighted by Crippen LogP contribution is -2.39. The second-order valence-electron chi connectivity index (χ2n) is 7.67. The molecule has 4 heterocycles. The number of carbonyl (C=O) groups is 1. The summed E-state index contributed by atoms with van der Waals surface area (Å²) in [4.78, 5) is 34.6. The fraction of sp³-hybridized carbons (Fsp3) is 0.286. The van der Waals surface area contributed by atoms with E-state index in [9.17, 15) is 9.59 Å². The van der Waals surface area contributed by atoms with Crippen molar-refractivity contribution < 1.29 is 9.21 Å². The summed E-state index contributed by atoms with van der Waals surface area (Å²) in [6, 6.07) is 8.51. The zero-order chi connectivity index (χ0) is 22.2. The molecule has 1 fully saturated rings. The number of rotatable bonds is 4. The zero-order valence-corrected chi connectivity index (χ0v) is 18.3. The fourth-order valence-electron chi connectivity index (χ4n) is 3.94. The van der Waals surface area contributed by atoms with Crippen molar-refractivity contribution in [3.8, 4) is 0 Å². The molecule has 32 heavy (non-hydrogen) atoms. The lowest BCUT2D eigenvalue weighted by atomic mass is 9.97. The van der Waals surface area contributed by atoms with Crippen LogP contribution in [-0.4, -0.2) is 48.9 Å². The first-order valence-electron chi connectivity index (χ1n) is 10.1. The van der Waals surface area contributed by atoms with Crippen LogP contribution in [0.25, 0.3) is 11.2 Å². The molecule has 0 bridgehead atoms. The minimum absolute atomic E-state index is 0.123. The van der Waals surface area contributed by atoms with Gasteiger partial charge in [-0.2, -0.15) is 0 Å². The van der Waals surface area contributed by atoms with Gasteiger partial charge in [0, 0.05) is 29.1 Å². The molecule has 1 N–H and O–H groups in total. The minimum atomic E-state index is -0.368. The summed E-state index contributed by atoms with van der Waals surface area (Å²) < 4.78 is 6.78. The van der Waals surface area contributed by atoms with Gasteiger partial charge in [-0.25, -0.2) is 9.67 Å². The number of fused-ring (bicyclic) bond motifs is 1. The van der Waals surface area contributed by atoms with E-state index >= 15 is 0 Å². The van der Waals surface area contributed by atoms with E-state index in [0.717, 1.165) is 18.4 Å². The molecule has 0 aliphatic carbocycles. The molecule has 1 amide bonds. The second kappa shape index (κ2) is 8.40. The van der Waals surface area contributed by atoms with Crippen LogP contribution >= 0.6 is 23.2 Å². The Morgan fingerprint density at radius 3 is 2.94 bits per heavy atom. The van der Waals surface area contributed by atoms with Crippen LogP contribution in [0.15, 0.2) is 45.8 Å². The van der Waals surface area contributed by atoms with Crippen LogP contribution in [0.2, 0.25) is 10.0 Å². The van der Waals surface area contributed by atoms with Crippen molar-refractivity contribution >= 4 is 40.3 Å². The molecule has 1 aliphatic rings. The smallest absolute Gasteiger partial charge is 0.289 e. The monoisotopic (exact) mass is 472 g/mol. The molecule has 0 unspecified atom stereocenters. The fourth-order valence-corrected chi connectivity index (χ4v) is 4.40. The highest BCUT2D eigenvalue weighted by atomic mass is 35.5. The van der Waals surface area contributed by atoms with Crippen molar-refractivity contribution in [2.75, 3.05) is 13.1 Å². The number of carbonyl (C=O) groups excluding carboxylic acids is 1. The molecule has 1 atom stereocenters. The molecule has 3 aromatic heterocycles. The van der Waals surface area contributed by atoms with Gasteiger partial charge in [-0.1, -0.05) is 34.5 Å². The number of benzene rings is 1. The highest BCUT2D eigenvalue weighted by molar-refractivity contribution is 6.35. The number of aromatic nitrogens is 5. The van der Waals surface area contributed by atoms with Crippen LogP contribution in [0.3, 0.4) is 0 Å². The number of halogens is 2. The van der Waals surface area contributed by atoms with Crippen molar-refractivity contribution in [3.05, 3.63) is 74.1 Å². The Bertz CT molecular complexity index is 1350. The lowest BCUT2D eigenvalue weighted by Gasteiger charge is -2.31. The van der Waals surface area contributed by atoms with E-state index < -0.39 is 0 Å². The summed E-state index contributed by atoms with van der Waals surface area (Å²) in [6.45, 7) is 1.34. The van der Waals surface area contributed by atoms with Gasteiger partial charge in [0.2, 0.25) is 0 Å². The van der Waals surface area contributed by atoms with E-state index in [1.54, 1.807) is 35.2 Å². The molecule has 4 aromatic rings. The Labute approximate surface area is 191 Å². The van der Waals surface area contributed by atoms with Crippen molar-refractivity contribution in [2.24, 2.45) is 0 Å². The van der Waals surface area contributed by atoms with Gasteiger partial charge in [0.05, 0.1) is 12.8 Å². The maximum Gasteiger partial charge on any atom is 0.289 e. The van der Waals surface area contributed by atoms with Crippen molar-refractivity contribution in [1.82, 2.24) is 29.9 Å². The average molecular weight is 473 g/mol. The predicted octanol–water partition coefficient (Wildman–Crippen LogP) is 3.48. The number of nitrogens with zero attached hydrogens (tertiary/aromatic N) is 5. The Kier molecular flexibility index (Phi) is 5.44. The van der Waals surface area contributed by atoms with Crippen molar-refractivity contribution in [1.29, 1.82) is 0 Å². The standard InChI is InChI=1S/C21H18Cl2N6O3/c22-14-6-5-12(15(23)9-14)11-29-19-17(26-27-29)20(30)25-18(24-19)13-3-1-7-28(10-13)21(31)16-4-2-8-32-16/h2,4-6,8-9,13H,1,3,7,10-11H2,(H,24,25,30)/t13-/m0/s1. The number of furan rings is 1. The van der Waals surface area contributed by atoms with Crippen LogP contribution in [0.1, 0.15) is 40.7 Å². The largest absolute Gasteiger partial charge is 0.459 e. The van der Waals surface area contributed by atoms with Crippen LogP contribution in [-0.2, 0) is 6.54 Å². The summed E-state index contributed by atoms with van der Waals surface area (Å²) in [5.74, 6) is 0.504. The third-order valence-electron chi connectivity index (χ3n) is 5.55. The van der Waals surface area contributed by atoms with Gasteiger partial charge < -0.3 is 14.3 Å². The highest BCUT2D eigenvalue weighted by Gasteiger charge is 2.29. The molecule has 5 rings (SSSR count). The molecule has 9 nitrogen and oxygen atoms in total. The maximum atomic E-state index is 12.7. The van der Waals surface area contributed by atoms with Crippen LogP contribution < -0.4 is 5.56 Å². The Morgan fingerprint density at radius 1 is 1.28 bits per heavy atom. The SMILES string of the molecule is O=C(c1ccco1)N1CCC[C@H](c2nc3c(nnn3Cc3ccc(Cl)cc3Cl)c(=O)[nH]2)C1. The van der Waals surface area contributed by atoms with E-state index in [4.69, 9.17) is 27.6 Å². The Balaban J connectivity index is 1.45. The molecule has 1 saturated heterocycles. The Morgan fingerprint density at radius 2 is 2.16 bits per heavy atom. The molecule has 0 spiro atoms. The molecule has 11 heteroatoms. The number of nitrogens with one attached hydrogen (secondary N) is 1. The lowest BCUT2D eigenvalue weighted by molar-refractivity contribution is 0.0672.